The van der Waals surface area contributed by atoms with Gasteiger partial charge in [0.2, 0.25) is 10.0 Å². The Morgan fingerprint density at radius 3 is 2.35 bits per heavy atom. The highest BCUT2D eigenvalue weighted by atomic mass is 32.2. The summed E-state index contributed by atoms with van der Waals surface area (Å²) in [5.41, 5.74) is 0. The van der Waals surface area contributed by atoms with Crippen molar-refractivity contribution >= 4 is 10.0 Å². The summed E-state index contributed by atoms with van der Waals surface area (Å²) >= 11 is 0. The summed E-state index contributed by atoms with van der Waals surface area (Å²) in [6, 6.07) is 0. The maximum absolute atomic E-state index is 11.9. The van der Waals surface area contributed by atoms with Crippen molar-refractivity contribution in [1.82, 2.24) is 10.0 Å². The Hall–Kier alpha value is -0.130. The molecule has 1 saturated heterocycles. The molecule has 2 rings (SSSR count). The van der Waals surface area contributed by atoms with E-state index < -0.39 is 10.0 Å². The molecule has 0 amide bonds. The van der Waals surface area contributed by atoms with Gasteiger partial charge < -0.3 is 5.32 Å². The first-order valence-electron chi connectivity index (χ1n) is 6.84. The van der Waals surface area contributed by atoms with Crippen LogP contribution in [0, 0.1) is 11.8 Å². The molecule has 1 aliphatic heterocycles. The first kappa shape index (κ1) is 13.3. The van der Waals surface area contributed by atoms with Gasteiger partial charge in [-0.25, -0.2) is 13.1 Å². The summed E-state index contributed by atoms with van der Waals surface area (Å²) in [5.74, 6) is 1.44. The second kappa shape index (κ2) is 6.16. The van der Waals surface area contributed by atoms with Crippen molar-refractivity contribution in [2.45, 2.75) is 38.5 Å². The van der Waals surface area contributed by atoms with Crippen molar-refractivity contribution in [3.05, 3.63) is 0 Å². The van der Waals surface area contributed by atoms with Crippen LogP contribution in [0.15, 0.2) is 0 Å². The van der Waals surface area contributed by atoms with E-state index in [0.29, 0.717) is 18.2 Å². The molecular formula is C12H24N2O2S. The Balaban J connectivity index is 1.65. The van der Waals surface area contributed by atoms with Crippen molar-refractivity contribution in [2.24, 2.45) is 11.8 Å². The predicted molar refractivity (Wildman–Crippen MR) is 69.3 cm³/mol. The van der Waals surface area contributed by atoms with E-state index in [1.54, 1.807) is 0 Å². The summed E-state index contributed by atoms with van der Waals surface area (Å²) in [7, 11) is -3.04. The number of rotatable bonds is 6. The number of nitrogens with one attached hydrogen (secondary N) is 2. The highest BCUT2D eigenvalue weighted by Crippen LogP contribution is 2.28. The SMILES string of the molecule is O=S(=O)(CC1CCNCC1)NCCC1CCC1. The van der Waals surface area contributed by atoms with Crippen LogP contribution in [-0.2, 0) is 10.0 Å². The molecule has 1 aliphatic carbocycles. The predicted octanol–water partition coefficient (Wildman–Crippen LogP) is 1.10. The van der Waals surface area contributed by atoms with Crippen LogP contribution >= 0.6 is 0 Å². The van der Waals surface area contributed by atoms with Gasteiger partial charge in [0.05, 0.1) is 5.75 Å². The molecular weight excluding hydrogens is 236 g/mol. The molecule has 100 valence electrons. The van der Waals surface area contributed by atoms with Gasteiger partial charge in [0, 0.05) is 6.54 Å². The lowest BCUT2D eigenvalue weighted by molar-refractivity contribution is 0.297. The van der Waals surface area contributed by atoms with E-state index in [2.05, 4.69) is 10.0 Å². The molecule has 17 heavy (non-hydrogen) atoms. The van der Waals surface area contributed by atoms with E-state index in [0.717, 1.165) is 38.3 Å². The van der Waals surface area contributed by atoms with E-state index in [9.17, 15) is 8.42 Å². The van der Waals surface area contributed by atoms with Crippen molar-refractivity contribution in [2.75, 3.05) is 25.4 Å². The lowest BCUT2D eigenvalue weighted by Crippen LogP contribution is -2.36. The molecule has 5 heteroatoms. The van der Waals surface area contributed by atoms with Crippen LogP contribution in [0.25, 0.3) is 0 Å². The van der Waals surface area contributed by atoms with Gasteiger partial charge in [-0.05, 0) is 44.2 Å². The van der Waals surface area contributed by atoms with Gasteiger partial charge in [-0.2, -0.15) is 0 Å². The summed E-state index contributed by atoms with van der Waals surface area (Å²) in [6.45, 7) is 2.56. The van der Waals surface area contributed by atoms with Crippen molar-refractivity contribution in [3.63, 3.8) is 0 Å². The third-order valence-electron chi connectivity index (χ3n) is 4.01. The van der Waals surface area contributed by atoms with Crippen molar-refractivity contribution in [1.29, 1.82) is 0 Å². The molecule has 0 bridgehead atoms. The molecule has 0 aromatic carbocycles. The molecule has 2 fully saturated rings. The molecule has 0 aromatic heterocycles. The fourth-order valence-electron chi connectivity index (χ4n) is 2.62. The summed E-state index contributed by atoms with van der Waals surface area (Å²) in [6.07, 6.45) is 6.90. The topological polar surface area (TPSA) is 58.2 Å². The van der Waals surface area contributed by atoms with Gasteiger partial charge in [-0.3, -0.25) is 0 Å². The summed E-state index contributed by atoms with van der Waals surface area (Å²) in [4.78, 5) is 0. The van der Waals surface area contributed by atoms with Crippen LogP contribution < -0.4 is 10.0 Å². The fraction of sp³-hybridized carbons (Fsp3) is 1.00. The van der Waals surface area contributed by atoms with Crippen LogP contribution in [0.4, 0.5) is 0 Å². The monoisotopic (exact) mass is 260 g/mol. The molecule has 0 aromatic rings. The maximum atomic E-state index is 11.9. The Bertz CT molecular complexity index is 319. The third-order valence-corrected chi connectivity index (χ3v) is 5.57. The maximum Gasteiger partial charge on any atom is 0.211 e. The van der Waals surface area contributed by atoms with Gasteiger partial charge in [0.25, 0.3) is 0 Å². The Morgan fingerprint density at radius 2 is 1.76 bits per heavy atom. The van der Waals surface area contributed by atoms with Gasteiger partial charge >= 0.3 is 0 Å². The standard InChI is InChI=1S/C12H24N2O2S/c15-17(16,10-12-4-7-13-8-5-12)14-9-6-11-2-1-3-11/h11-14H,1-10H2. The Morgan fingerprint density at radius 1 is 1.06 bits per heavy atom. The van der Waals surface area contributed by atoms with Crippen molar-refractivity contribution < 1.29 is 8.42 Å². The minimum atomic E-state index is -3.04. The Kier molecular flexibility index (Phi) is 4.82. The minimum absolute atomic E-state index is 0.319. The van der Waals surface area contributed by atoms with E-state index in [1.807, 2.05) is 0 Å². The van der Waals surface area contributed by atoms with E-state index >= 15 is 0 Å². The number of hydrogen-bond donors (Lipinski definition) is 2. The Labute approximate surface area is 105 Å². The van der Waals surface area contributed by atoms with E-state index in [-0.39, 0.29) is 0 Å². The molecule has 1 saturated carbocycles. The molecule has 1 heterocycles. The van der Waals surface area contributed by atoms with Gasteiger partial charge in [-0.15, -0.1) is 0 Å². The third kappa shape index (κ3) is 4.56. The average Bonchev–Trinajstić information content (AvgIpc) is 2.22. The first-order valence-corrected chi connectivity index (χ1v) is 8.49. The van der Waals surface area contributed by atoms with E-state index in [1.165, 1.54) is 19.3 Å². The average molecular weight is 260 g/mol. The van der Waals surface area contributed by atoms with Gasteiger partial charge in [0.15, 0.2) is 0 Å². The second-order valence-electron chi connectivity index (χ2n) is 5.45. The highest BCUT2D eigenvalue weighted by Gasteiger charge is 2.22. The van der Waals surface area contributed by atoms with Gasteiger partial charge in [-0.1, -0.05) is 19.3 Å². The molecule has 0 atom stereocenters. The number of hydrogen-bond acceptors (Lipinski definition) is 3. The van der Waals surface area contributed by atoms with Crippen LogP contribution in [-0.4, -0.2) is 33.8 Å². The van der Waals surface area contributed by atoms with E-state index in [4.69, 9.17) is 0 Å². The largest absolute Gasteiger partial charge is 0.317 e. The fourth-order valence-corrected chi connectivity index (χ4v) is 4.12. The van der Waals surface area contributed by atoms with Crippen LogP contribution in [0.3, 0.4) is 0 Å². The lowest BCUT2D eigenvalue weighted by Gasteiger charge is -2.26. The first-order chi connectivity index (χ1) is 8.16. The molecule has 2 N–H and O–H groups in total. The lowest BCUT2D eigenvalue weighted by atomic mass is 9.83. The van der Waals surface area contributed by atoms with Crippen LogP contribution in [0.5, 0.6) is 0 Å². The second-order valence-corrected chi connectivity index (χ2v) is 7.31. The highest BCUT2D eigenvalue weighted by molar-refractivity contribution is 7.89. The zero-order valence-corrected chi connectivity index (χ0v) is 11.3. The quantitative estimate of drug-likeness (QED) is 0.752. The van der Waals surface area contributed by atoms with Crippen LogP contribution in [0.2, 0.25) is 0 Å². The minimum Gasteiger partial charge on any atom is -0.317 e. The number of sulfonamides is 1. The molecule has 0 spiro atoms. The zero-order valence-electron chi connectivity index (χ0n) is 10.5. The smallest absolute Gasteiger partial charge is 0.211 e. The van der Waals surface area contributed by atoms with Crippen molar-refractivity contribution in [3.8, 4) is 0 Å². The van der Waals surface area contributed by atoms with Gasteiger partial charge in [0.1, 0.15) is 0 Å². The normalized spacial score (nSPS) is 23.5. The molecule has 4 nitrogen and oxygen atoms in total. The molecule has 0 unspecified atom stereocenters. The summed E-state index contributed by atoms with van der Waals surface area (Å²) in [5, 5.41) is 3.26. The zero-order chi connectivity index (χ0) is 12.1. The summed E-state index contributed by atoms with van der Waals surface area (Å²) < 4.78 is 26.5. The molecule has 2 aliphatic rings. The number of piperidine rings is 1. The molecule has 0 radical (unpaired) electrons. The van der Waals surface area contributed by atoms with Crippen LogP contribution in [0.1, 0.15) is 38.5 Å².